The number of hydrogen-bond donors (Lipinski definition) is 1. The minimum atomic E-state index is 0.548. The average Bonchev–Trinajstić information content (AvgIpc) is 2.77. The summed E-state index contributed by atoms with van der Waals surface area (Å²) in [4.78, 5) is 0. The molecule has 19 heavy (non-hydrogen) atoms. The second-order valence-electron chi connectivity index (χ2n) is 4.61. The Morgan fingerprint density at radius 1 is 1.26 bits per heavy atom. The Hall–Kier alpha value is -1.74. The van der Waals surface area contributed by atoms with Crippen molar-refractivity contribution in [2.75, 3.05) is 7.05 Å². The van der Waals surface area contributed by atoms with Crippen molar-refractivity contribution in [2.24, 2.45) is 0 Å². The molecule has 0 aliphatic carbocycles. The third-order valence-corrected chi connectivity index (χ3v) is 3.12. The summed E-state index contributed by atoms with van der Waals surface area (Å²) in [7, 11) is 1.91. The number of aryl methyl sites for hydroxylation is 2. The van der Waals surface area contributed by atoms with E-state index in [-0.39, 0.29) is 0 Å². The molecule has 3 heteroatoms. The summed E-state index contributed by atoms with van der Waals surface area (Å²) >= 11 is 0. The summed E-state index contributed by atoms with van der Waals surface area (Å²) in [6, 6.07) is 10.3. The van der Waals surface area contributed by atoms with E-state index in [0.717, 1.165) is 35.8 Å². The average molecular weight is 259 g/mol. The van der Waals surface area contributed by atoms with Crippen LogP contribution in [0.5, 0.6) is 5.75 Å². The van der Waals surface area contributed by atoms with Crippen molar-refractivity contribution in [3.05, 3.63) is 53.0 Å². The largest absolute Gasteiger partial charge is 0.489 e. The van der Waals surface area contributed by atoms with Crippen LogP contribution < -0.4 is 10.1 Å². The zero-order chi connectivity index (χ0) is 13.7. The lowest BCUT2D eigenvalue weighted by molar-refractivity contribution is 0.302. The highest BCUT2D eigenvalue weighted by Gasteiger charge is 2.07. The fraction of sp³-hybridized carbons (Fsp3) is 0.375. The lowest BCUT2D eigenvalue weighted by Gasteiger charge is -2.06. The highest BCUT2D eigenvalue weighted by Crippen LogP contribution is 2.19. The normalized spacial score (nSPS) is 10.7. The third kappa shape index (κ3) is 3.61. The Kier molecular flexibility index (Phi) is 4.63. The van der Waals surface area contributed by atoms with Crippen LogP contribution in [0.4, 0.5) is 0 Å². The van der Waals surface area contributed by atoms with Crippen LogP contribution in [-0.2, 0) is 19.6 Å². The number of nitrogens with one attached hydrogen (secondary N) is 1. The smallest absolute Gasteiger partial charge is 0.120 e. The van der Waals surface area contributed by atoms with Gasteiger partial charge in [-0.15, -0.1) is 0 Å². The summed E-state index contributed by atoms with van der Waals surface area (Å²) in [6.07, 6.45) is 1.02. The van der Waals surface area contributed by atoms with E-state index in [1.165, 1.54) is 5.56 Å². The summed E-state index contributed by atoms with van der Waals surface area (Å²) in [6.45, 7) is 5.40. The van der Waals surface area contributed by atoms with Gasteiger partial charge in [-0.3, -0.25) is 0 Å². The van der Waals surface area contributed by atoms with Crippen molar-refractivity contribution >= 4 is 0 Å². The zero-order valence-electron chi connectivity index (χ0n) is 11.8. The molecule has 1 aromatic heterocycles. The first-order valence-corrected chi connectivity index (χ1v) is 6.67. The molecule has 0 radical (unpaired) electrons. The van der Waals surface area contributed by atoms with Gasteiger partial charge in [0.15, 0.2) is 0 Å². The molecule has 0 bridgehead atoms. The summed E-state index contributed by atoms with van der Waals surface area (Å²) in [5.74, 6) is 2.79. The standard InChI is InChI=1S/C16H21NO2/c1-4-13-6-5-7-15(8-13)18-11-14-9-16(10-17-3)19-12(14)2/h5-9,17H,4,10-11H2,1-3H3. The van der Waals surface area contributed by atoms with Crippen molar-refractivity contribution in [1.29, 1.82) is 0 Å². The number of hydrogen-bond acceptors (Lipinski definition) is 3. The highest BCUT2D eigenvalue weighted by molar-refractivity contribution is 5.29. The van der Waals surface area contributed by atoms with E-state index in [4.69, 9.17) is 9.15 Å². The molecule has 1 aromatic carbocycles. The molecule has 3 nitrogen and oxygen atoms in total. The predicted molar refractivity (Wildman–Crippen MR) is 76.4 cm³/mol. The van der Waals surface area contributed by atoms with Crippen LogP contribution in [0, 0.1) is 6.92 Å². The molecule has 0 saturated carbocycles. The highest BCUT2D eigenvalue weighted by atomic mass is 16.5. The van der Waals surface area contributed by atoms with Gasteiger partial charge in [-0.25, -0.2) is 0 Å². The van der Waals surface area contributed by atoms with Crippen molar-refractivity contribution in [3.63, 3.8) is 0 Å². The number of rotatable bonds is 6. The van der Waals surface area contributed by atoms with Gasteiger partial charge in [-0.1, -0.05) is 19.1 Å². The molecule has 1 heterocycles. The van der Waals surface area contributed by atoms with Gasteiger partial charge < -0.3 is 14.5 Å². The van der Waals surface area contributed by atoms with Gasteiger partial charge in [0.1, 0.15) is 23.9 Å². The number of ether oxygens (including phenoxy) is 1. The fourth-order valence-corrected chi connectivity index (χ4v) is 2.01. The molecule has 0 aliphatic heterocycles. The summed E-state index contributed by atoms with van der Waals surface area (Å²) < 4.78 is 11.5. The Bertz CT molecular complexity index is 531. The van der Waals surface area contributed by atoms with Crippen molar-refractivity contribution in [2.45, 2.75) is 33.4 Å². The van der Waals surface area contributed by atoms with Gasteiger partial charge in [0.05, 0.1) is 6.54 Å². The maximum Gasteiger partial charge on any atom is 0.120 e. The van der Waals surface area contributed by atoms with E-state index < -0.39 is 0 Å². The summed E-state index contributed by atoms with van der Waals surface area (Å²) in [5, 5.41) is 3.08. The molecule has 0 spiro atoms. The maximum atomic E-state index is 5.83. The SMILES string of the molecule is CCc1cccc(OCc2cc(CNC)oc2C)c1. The van der Waals surface area contributed by atoms with Crippen LogP contribution in [0.1, 0.15) is 29.6 Å². The Morgan fingerprint density at radius 2 is 2.11 bits per heavy atom. The first-order valence-electron chi connectivity index (χ1n) is 6.67. The minimum absolute atomic E-state index is 0.548. The van der Waals surface area contributed by atoms with Gasteiger partial charge >= 0.3 is 0 Å². The zero-order valence-corrected chi connectivity index (χ0v) is 11.8. The monoisotopic (exact) mass is 259 g/mol. The van der Waals surface area contributed by atoms with E-state index in [9.17, 15) is 0 Å². The molecular weight excluding hydrogens is 238 g/mol. The van der Waals surface area contributed by atoms with Crippen LogP contribution in [-0.4, -0.2) is 7.05 Å². The van der Waals surface area contributed by atoms with Gasteiger partial charge in [0.2, 0.25) is 0 Å². The Labute approximate surface area is 114 Å². The van der Waals surface area contributed by atoms with Crippen LogP contribution in [0.2, 0.25) is 0 Å². The van der Waals surface area contributed by atoms with Gasteiger partial charge in [0.25, 0.3) is 0 Å². The lowest BCUT2D eigenvalue weighted by atomic mass is 10.2. The molecule has 0 saturated heterocycles. The molecule has 102 valence electrons. The lowest BCUT2D eigenvalue weighted by Crippen LogP contribution is -2.03. The maximum absolute atomic E-state index is 5.83. The number of benzene rings is 1. The van der Waals surface area contributed by atoms with E-state index in [1.54, 1.807) is 0 Å². The summed E-state index contributed by atoms with van der Waals surface area (Å²) in [5.41, 5.74) is 2.39. The minimum Gasteiger partial charge on any atom is -0.489 e. The van der Waals surface area contributed by atoms with Crippen LogP contribution >= 0.6 is 0 Å². The van der Waals surface area contributed by atoms with E-state index in [1.807, 2.05) is 26.1 Å². The molecule has 0 fully saturated rings. The van der Waals surface area contributed by atoms with Crippen molar-refractivity contribution in [1.82, 2.24) is 5.32 Å². The molecule has 2 aromatic rings. The van der Waals surface area contributed by atoms with Crippen molar-refractivity contribution in [3.8, 4) is 5.75 Å². The van der Waals surface area contributed by atoms with Crippen LogP contribution in [0.15, 0.2) is 34.7 Å². The first kappa shape index (κ1) is 13.7. The molecular formula is C16H21NO2. The molecule has 0 unspecified atom stereocenters. The predicted octanol–water partition coefficient (Wildman–Crippen LogP) is 3.45. The Balaban J connectivity index is 2.01. The molecule has 0 atom stereocenters. The fourth-order valence-electron chi connectivity index (χ4n) is 2.01. The van der Waals surface area contributed by atoms with Crippen LogP contribution in [0.3, 0.4) is 0 Å². The second-order valence-corrected chi connectivity index (χ2v) is 4.61. The van der Waals surface area contributed by atoms with E-state index >= 15 is 0 Å². The first-order chi connectivity index (χ1) is 9.22. The third-order valence-electron chi connectivity index (χ3n) is 3.12. The molecule has 0 amide bonds. The topological polar surface area (TPSA) is 34.4 Å². The van der Waals surface area contributed by atoms with Crippen LogP contribution in [0.25, 0.3) is 0 Å². The Morgan fingerprint density at radius 3 is 2.84 bits per heavy atom. The quantitative estimate of drug-likeness (QED) is 0.862. The van der Waals surface area contributed by atoms with Gasteiger partial charge in [-0.05, 0) is 44.2 Å². The van der Waals surface area contributed by atoms with Gasteiger partial charge in [0, 0.05) is 5.56 Å². The molecule has 2 rings (SSSR count). The molecule has 0 aliphatic rings. The van der Waals surface area contributed by atoms with Gasteiger partial charge in [-0.2, -0.15) is 0 Å². The molecule has 1 N–H and O–H groups in total. The van der Waals surface area contributed by atoms with E-state index in [0.29, 0.717) is 6.61 Å². The second kappa shape index (κ2) is 6.43. The van der Waals surface area contributed by atoms with Crippen molar-refractivity contribution < 1.29 is 9.15 Å². The number of furan rings is 1. The van der Waals surface area contributed by atoms with E-state index in [2.05, 4.69) is 30.4 Å².